The van der Waals surface area contributed by atoms with Crippen LogP contribution in [0, 0.1) is 5.82 Å². The lowest BCUT2D eigenvalue weighted by molar-refractivity contribution is 0.297. The van der Waals surface area contributed by atoms with Gasteiger partial charge in [-0.3, -0.25) is 0 Å². The standard InChI is InChI=1S/C16H22FN3O/c1-13(2)19-11-14-10-15(17)4-5-16(14)21-9-3-7-20-8-6-18-12-20/h4-6,8,10,12-13,19H,3,7,9,11H2,1-2H3. The summed E-state index contributed by atoms with van der Waals surface area (Å²) in [6.45, 7) is 6.18. The minimum absolute atomic E-state index is 0.235. The molecule has 0 saturated heterocycles. The van der Waals surface area contributed by atoms with Gasteiger partial charge in [-0.1, -0.05) is 13.8 Å². The quantitative estimate of drug-likeness (QED) is 0.760. The number of benzene rings is 1. The van der Waals surface area contributed by atoms with Crippen LogP contribution in [0.25, 0.3) is 0 Å². The van der Waals surface area contributed by atoms with E-state index in [2.05, 4.69) is 24.1 Å². The van der Waals surface area contributed by atoms with E-state index in [-0.39, 0.29) is 5.82 Å². The summed E-state index contributed by atoms with van der Waals surface area (Å²) in [5, 5.41) is 3.28. The van der Waals surface area contributed by atoms with Gasteiger partial charge < -0.3 is 14.6 Å². The van der Waals surface area contributed by atoms with Crippen LogP contribution in [0.15, 0.2) is 36.9 Å². The molecule has 0 unspecified atom stereocenters. The van der Waals surface area contributed by atoms with E-state index < -0.39 is 0 Å². The molecular formula is C16H22FN3O. The van der Waals surface area contributed by atoms with E-state index >= 15 is 0 Å². The van der Waals surface area contributed by atoms with Crippen molar-refractivity contribution in [3.05, 3.63) is 48.3 Å². The predicted molar refractivity (Wildman–Crippen MR) is 80.7 cm³/mol. The van der Waals surface area contributed by atoms with Crippen molar-refractivity contribution in [2.45, 2.75) is 39.4 Å². The van der Waals surface area contributed by atoms with Crippen molar-refractivity contribution in [1.82, 2.24) is 14.9 Å². The van der Waals surface area contributed by atoms with Crippen LogP contribution in [0.3, 0.4) is 0 Å². The van der Waals surface area contributed by atoms with Crippen LogP contribution in [0.4, 0.5) is 4.39 Å². The number of aryl methyl sites for hydroxylation is 1. The highest BCUT2D eigenvalue weighted by Crippen LogP contribution is 2.20. The van der Waals surface area contributed by atoms with Gasteiger partial charge >= 0.3 is 0 Å². The molecule has 0 aliphatic rings. The van der Waals surface area contributed by atoms with E-state index in [1.807, 2.05) is 10.8 Å². The molecule has 5 heteroatoms. The normalized spacial score (nSPS) is 11.0. The van der Waals surface area contributed by atoms with Crippen molar-refractivity contribution in [3.63, 3.8) is 0 Å². The molecule has 0 fully saturated rings. The third-order valence-corrected chi connectivity index (χ3v) is 3.10. The maximum absolute atomic E-state index is 13.4. The highest BCUT2D eigenvalue weighted by Gasteiger charge is 2.06. The number of hydrogen-bond acceptors (Lipinski definition) is 3. The fourth-order valence-electron chi connectivity index (χ4n) is 1.99. The maximum atomic E-state index is 13.4. The Labute approximate surface area is 125 Å². The smallest absolute Gasteiger partial charge is 0.123 e. The topological polar surface area (TPSA) is 39.1 Å². The Morgan fingerprint density at radius 2 is 2.24 bits per heavy atom. The van der Waals surface area contributed by atoms with Crippen LogP contribution in [-0.2, 0) is 13.1 Å². The highest BCUT2D eigenvalue weighted by atomic mass is 19.1. The summed E-state index contributed by atoms with van der Waals surface area (Å²) >= 11 is 0. The minimum atomic E-state index is -0.235. The lowest BCUT2D eigenvalue weighted by Gasteiger charge is -2.14. The van der Waals surface area contributed by atoms with Gasteiger partial charge in [0.2, 0.25) is 0 Å². The van der Waals surface area contributed by atoms with Gasteiger partial charge in [0.15, 0.2) is 0 Å². The molecule has 0 radical (unpaired) electrons. The maximum Gasteiger partial charge on any atom is 0.123 e. The van der Waals surface area contributed by atoms with E-state index in [0.29, 0.717) is 19.2 Å². The molecule has 2 rings (SSSR count). The summed E-state index contributed by atoms with van der Waals surface area (Å²) in [7, 11) is 0. The first-order valence-electron chi connectivity index (χ1n) is 7.25. The molecule has 0 spiro atoms. The summed E-state index contributed by atoms with van der Waals surface area (Å²) in [4.78, 5) is 4.00. The van der Waals surface area contributed by atoms with Crippen LogP contribution >= 0.6 is 0 Å². The zero-order valence-electron chi connectivity index (χ0n) is 12.6. The molecule has 4 nitrogen and oxygen atoms in total. The molecule has 1 N–H and O–H groups in total. The van der Waals surface area contributed by atoms with E-state index in [4.69, 9.17) is 4.74 Å². The molecule has 21 heavy (non-hydrogen) atoms. The van der Waals surface area contributed by atoms with Crippen molar-refractivity contribution in [2.75, 3.05) is 6.61 Å². The summed E-state index contributed by atoms with van der Waals surface area (Å²) in [6, 6.07) is 5.01. The summed E-state index contributed by atoms with van der Waals surface area (Å²) < 4.78 is 21.1. The Balaban J connectivity index is 1.86. The number of hydrogen-bond donors (Lipinski definition) is 1. The van der Waals surface area contributed by atoms with Crippen LogP contribution in [0.1, 0.15) is 25.8 Å². The third-order valence-electron chi connectivity index (χ3n) is 3.10. The van der Waals surface area contributed by atoms with Crippen molar-refractivity contribution in [3.8, 4) is 5.75 Å². The summed E-state index contributed by atoms with van der Waals surface area (Å²) in [5.41, 5.74) is 0.853. The Morgan fingerprint density at radius 3 is 2.95 bits per heavy atom. The fourth-order valence-corrected chi connectivity index (χ4v) is 1.99. The molecule has 1 aromatic carbocycles. The van der Waals surface area contributed by atoms with Crippen molar-refractivity contribution < 1.29 is 9.13 Å². The number of nitrogens with zero attached hydrogens (tertiary/aromatic N) is 2. The van der Waals surface area contributed by atoms with Crippen molar-refractivity contribution in [1.29, 1.82) is 0 Å². The van der Waals surface area contributed by atoms with E-state index in [0.717, 1.165) is 24.3 Å². The molecule has 0 aliphatic heterocycles. The third kappa shape index (κ3) is 5.19. The molecule has 0 aliphatic carbocycles. The van der Waals surface area contributed by atoms with E-state index in [1.54, 1.807) is 18.6 Å². The van der Waals surface area contributed by atoms with Gasteiger partial charge in [-0.2, -0.15) is 0 Å². The molecule has 1 aromatic heterocycles. The van der Waals surface area contributed by atoms with Crippen molar-refractivity contribution in [2.24, 2.45) is 0 Å². The lowest BCUT2D eigenvalue weighted by Crippen LogP contribution is -2.22. The van der Waals surface area contributed by atoms with Gasteiger partial charge in [-0.25, -0.2) is 9.37 Å². The van der Waals surface area contributed by atoms with Crippen LogP contribution in [-0.4, -0.2) is 22.2 Å². The Bertz CT molecular complexity index is 540. The first-order valence-corrected chi connectivity index (χ1v) is 7.25. The Morgan fingerprint density at radius 1 is 1.38 bits per heavy atom. The fraction of sp³-hybridized carbons (Fsp3) is 0.438. The van der Waals surface area contributed by atoms with Crippen LogP contribution < -0.4 is 10.1 Å². The largest absolute Gasteiger partial charge is 0.493 e. The Kier molecular flexibility index (Phi) is 5.75. The van der Waals surface area contributed by atoms with E-state index in [1.165, 1.54) is 12.1 Å². The number of imidazole rings is 1. The zero-order chi connectivity index (χ0) is 15.1. The average molecular weight is 291 g/mol. The van der Waals surface area contributed by atoms with Gasteiger partial charge in [-0.05, 0) is 24.6 Å². The molecule has 0 amide bonds. The monoisotopic (exact) mass is 291 g/mol. The Hall–Kier alpha value is -1.88. The van der Waals surface area contributed by atoms with E-state index in [9.17, 15) is 4.39 Å². The van der Waals surface area contributed by atoms with Gasteiger partial charge in [0, 0.05) is 37.1 Å². The molecule has 0 atom stereocenters. The number of aromatic nitrogens is 2. The molecule has 1 heterocycles. The zero-order valence-corrected chi connectivity index (χ0v) is 12.6. The van der Waals surface area contributed by atoms with Gasteiger partial charge in [0.25, 0.3) is 0 Å². The second-order valence-electron chi connectivity index (χ2n) is 5.29. The molecule has 0 bridgehead atoms. The number of ether oxygens (including phenoxy) is 1. The molecule has 2 aromatic rings. The first kappa shape index (κ1) is 15.5. The second-order valence-corrected chi connectivity index (χ2v) is 5.29. The summed E-state index contributed by atoms with van der Waals surface area (Å²) in [6.07, 6.45) is 6.35. The second kappa shape index (κ2) is 7.78. The molecular weight excluding hydrogens is 269 g/mol. The number of nitrogens with one attached hydrogen (secondary N) is 1. The summed E-state index contributed by atoms with van der Waals surface area (Å²) in [5.74, 6) is 0.511. The molecule has 0 saturated carbocycles. The molecule has 114 valence electrons. The van der Waals surface area contributed by atoms with Crippen LogP contribution in [0.2, 0.25) is 0 Å². The first-order chi connectivity index (χ1) is 10.1. The highest BCUT2D eigenvalue weighted by molar-refractivity contribution is 5.34. The minimum Gasteiger partial charge on any atom is -0.493 e. The van der Waals surface area contributed by atoms with Gasteiger partial charge in [-0.15, -0.1) is 0 Å². The van der Waals surface area contributed by atoms with Crippen LogP contribution in [0.5, 0.6) is 5.75 Å². The van der Waals surface area contributed by atoms with Gasteiger partial charge in [0.1, 0.15) is 11.6 Å². The average Bonchev–Trinajstić information content (AvgIpc) is 2.96. The number of rotatable bonds is 8. The van der Waals surface area contributed by atoms with Gasteiger partial charge in [0.05, 0.1) is 12.9 Å². The van der Waals surface area contributed by atoms with Crippen molar-refractivity contribution >= 4 is 0 Å². The number of halogens is 1. The lowest BCUT2D eigenvalue weighted by atomic mass is 10.2. The SMILES string of the molecule is CC(C)NCc1cc(F)ccc1OCCCn1ccnc1. The predicted octanol–water partition coefficient (Wildman–Crippen LogP) is 2.99.